The van der Waals surface area contributed by atoms with E-state index in [0.29, 0.717) is 5.92 Å². The van der Waals surface area contributed by atoms with Gasteiger partial charge in [0, 0.05) is 22.1 Å². The zero-order valence-corrected chi connectivity index (χ0v) is 13.5. The van der Waals surface area contributed by atoms with Crippen molar-refractivity contribution in [3.63, 3.8) is 0 Å². The zero-order valence-electron chi connectivity index (χ0n) is 12.6. The van der Waals surface area contributed by atoms with Crippen LogP contribution in [-0.2, 0) is 0 Å². The van der Waals surface area contributed by atoms with Crippen molar-refractivity contribution in [1.82, 2.24) is 0 Å². The van der Waals surface area contributed by atoms with Gasteiger partial charge in [0.2, 0.25) is 0 Å². The van der Waals surface area contributed by atoms with Gasteiger partial charge in [-0.2, -0.15) is 5.10 Å². The minimum absolute atomic E-state index is 0.522. The van der Waals surface area contributed by atoms with Crippen molar-refractivity contribution in [1.29, 1.82) is 0 Å². The highest BCUT2D eigenvalue weighted by Gasteiger charge is 2.33. The Morgan fingerprint density at radius 1 is 0.913 bits per heavy atom. The van der Waals surface area contributed by atoms with E-state index in [0.717, 1.165) is 12.3 Å². The lowest BCUT2D eigenvalue weighted by atomic mass is 9.96. The van der Waals surface area contributed by atoms with E-state index in [-0.39, 0.29) is 0 Å². The number of thioether (sulfide) groups is 1. The van der Waals surface area contributed by atoms with Gasteiger partial charge in [-0.1, -0.05) is 54.6 Å². The third kappa shape index (κ3) is 2.07. The molecule has 2 aliphatic heterocycles. The van der Waals surface area contributed by atoms with Gasteiger partial charge < -0.3 is 0 Å². The van der Waals surface area contributed by atoms with Crippen molar-refractivity contribution < 1.29 is 0 Å². The molecule has 2 nitrogen and oxygen atoms in total. The largest absolute Gasteiger partial charge is 0.265 e. The number of para-hydroxylation sites is 1. The SMILES string of the molecule is c1ccc(N2CC3CSc4c(ccc5ccccc45)C3=N2)cc1. The van der Waals surface area contributed by atoms with E-state index in [1.54, 1.807) is 0 Å². The number of anilines is 1. The first-order valence-corrected chi connectivity index (χ1v) is 8.95. The van der Waals surface area contributed by atoms with Crippen molar-refractivity contribution in [3.05, 3.63) is 72.3 Å². The number of rotatable bonds is 1. The normalized spacial score (nSPS) is 19.4. The first-order valence-electron chi connectivity index (χ1n) is 7.96. The highest BCUT2D eigenvalue weighted by atomic mass is 32.2. The van der Waals surface area contributed by atoms with Gasteiger partial charge in [0.25, 0.3) is 0 Å². The van der Waals surface area contributed by atoms with E-state index < -0.39 is 0 Å². The lowest BCUT2D eigenvalue weighted by Crippen LogP contribution is -2.24. The Morgan fingerprint density at radius 3 is 2.65 bits per heavy atom. The quantitative estimate of drug-likeness (QED) is 0.641. The van der Waals surface area contributed by atoms with Crippen LogP contribution in [-0.4, -0.2) is 18.0 Å². The molecule has 3 aromatic rings. The molecule has 0 spiro atoms. The molecule has 0 fully saturated rings. The van der Waals surface area contributed by atoms with Gasteiger partial charge in [-0.05, 0) is 22.9 Å². The molecule has 0 amide bonds. The maximum atomic E-state index is 4.97. The second-order valence-corrected chi connectivity index (χ2v) is 7.10. The van der Waals surface area contributed by atoms with Crippen LogP contribution < -0.4 is 5.01 Å². The van der Waals surface area contributed by atoms with Crippen LogP contribution in [0.25, 0.3) is 10.8 Å². The zero-order chi connectivity index (χ0) is 15.2. The van der Waals surface area contributed by atoms with E-state index in [1.807, 2.05) is 11.8 Å². The summed E-state index contributed by atoms with van der Waals surface area (Å²) in [5.41, 5.74) is 3.76. The summed E-state index contributed by atoms with van der Waals surface area (Å²) in [6, 6.07) is 23.6. The van der Waals surface area contributed by atoms with Crippen molar-refractivity contribution in [2.24, 2.45) is 11.0 Å². The van der Waals surface area contributed by atoms with Crippen LogP contribution in [0.3, 0.4) is 0 Å². The summed E-state index contributed by atoms with van der Waals surface area (Å²) < 4.78 is 0. The maximum absolute atomic E-state index is 4.97. The predicted octanol–water partition coefficient (Wildman–Crippen LogP) is 4.79. The van der Waals surface area contributed by atoms with Gasteiger partial charge >= 0.3 is 0 Å². The van der Waals surface area contributed by atoms with E-state index in [1.165, 1.54) is 32.6 Å². The fourth-order valence-electron chi connectivity index (χ4n) is 3.50. The number of hydrazone groups is 1. The number of hydrogen-bond donors (Lipinski definition) is 0. The molecule has 2 heterocycles. The summed E-state index contributed by atoms with van der Waals surface area (Å²) in [5, 5.41) is 9.79. The molecule has 0 N–H and O–H groups in total. The number of hydrogen-bond acceptors (Lipinski definition) is 3. The molecule has 3 heteroatoms. The van der Waals surface area contributed by atoms with Gasteiger partial charge in [-0.25, -0.2) is 0 Å². The van der Waals surface area contributed by atoms with Crippen LogP contribution in [0.5, 0.6) is 0 Å². The van der Waals surface area contributed by atoms with Gasteiger partial charge in [0.15, 0.2) is 0 Å². The average Bonchev–Trinajstić information content (AvgIpc) is 3.07. The molecule has 0 saturated heterocycles. The summed E-state index contributed by atoms with van der Waals surface area (Å²) in [4.78, 5) is 1.40. The van der Waals surface area contributed by atoms with Gasteiger partial charge in [0.05, 0.1) is 17.9 Å². The van der Waals surface area contributed by atoms with Crippen LogP contribution in [0, 0.1) is 5.92 Å². The average molecular weight is 316 g/mol. The summed E-state index contributed by atoms with van der Waals surface area (Å²) in [6.45, 7) is 0.985. The molecule has 1 atom stereocenters. The first-order chi connectivity index (χ1) is 11.4. The van der Waals surface area contributed by atoms with E-state index in [2.05, 4.69) is 71.7 Å². The fourth-order valence-corrected chi connectivity index (χ4v) is 4.80. The van der Waals surface area contributed by atoms with Crippen LogP contribution in [0.2, 0.25) is 0 Å². The summed E-state index contributed by atoms with van der Waals surface area (Å²) in [5.74, 6) is 1.64. The van der Waals surface area contributed by atoms with Crippen molar-refractivity contribution >= 4 is 33.9 Å². The summed E-state index contributed by atoms with van der Waals surface area (Å²) >= 11 is 1.98. The van der Waals surface area contributed by atoms with Crippen LogP contribution >= 0.6 is 11.8 Å². The highest BCUT2D eigenvalue weighted by Crippen LogP contribution is 2.41. The number of benzene rings is 3. The Hall–Kier alpha value is -2.26. The molecule has 5 rings (SSSR count). The van der Waals surface area contributed by atoms with Crippen molar-refractivity contribution in [3.8, 4) is 0 Å². The minimum atomic E-state index is 0.522. The molecular formula is C20H16N2S. The van der Waals surface area contributed by atoms with E-state index in [4.69, 9.17) is 5.10 Å². The predicted molar refractivity (Wildman–Crippen MR) is 98.5 cm³/mol. The van der Waals surface area contributed by atoms with Crippen LogP contribution in [0.1, 0.15) is 5.56 Å². The van der Waals surface area contributed by atoms with Gasteiger partial charge in [0.1, 0.15) is 0 Å². The Balaban J connectivity index is 1.64. The van der Waals surface area contributed by atoms with Crippen molar-refractivity contribution in [2.75, 3.05) is 17.3 Å². The molecule has 112 valence electrons. The lowest BCUT2D eigenvalue weighted by Gasteiger charge is -2.22. The second kappa shape index (κ2) is 5.14. The molecule has 0 aliphatic carbocycles. The molecule has 0 aromatic heterocycles. The molecule has 23 heavy (non-hydrogen) atoms. The van der Waals surface area contributed by atoms with E-state index >= 15 is 0 Å². The Kier molecular flexibility index (Phi) is 2.95. The van der Waals surface area contributed by atoms with Crippen LogP contribution in [0.15, 0.2) is 76.7 Å². The minimum Gasteiger partial charge on any atom is -0.265 e. The number of nitrogens with zero attached hydrogens (tertiary/aromatic N) is 2. The third-order valence-corrected chi connectivity index (χ3v) is 5.94. The topological polar surface area (TPSA) is 15.6 Å². The standard InChI is InChI=1S/C20H16N2S/c1-2-7-16(8-3-1)22-12-15-13-23-20-17-9-5-4-6-14(17)10-11-18(20)19(15)21-22/h1-11,15H,12-13H2. The summed E-state index contributed by atoms with van der Waals surface area (Å²) in [6.07, 6.45) is 0. The van der Waals surface area contributed by atoms with Crippen LogP contribution in [0.4, 0.5) is 5.69 Å². The van der Waals surface area contributed by atoms with E-state index in [9.17, 15) is 0 Å². The lowest BCUT2D eigenvalue weighted by molar-refractivity contribution is 0.781. The first kappa shape index (κ1) is 13.2. The number of fused-ring (bicyclic) bond motifs is 5. The molecule has 0 radical (unpaired) electrons. The highest BCUT2D eigenvalue weighted by molar-refractivity contribution is 7.99. The van der Waals surface area contributed by atoms with Gasteiger partial charge in [-0.15, -0.1) is 11.8 Å². The third-order valence-electron chi connectivity index (χ3n) is 4.65. The molecule has 2 aliphatic rings. The monoisotopic (exact) mass is 316 g/mol. The summed E-state index contributed by atoms with van der Waals surface area (Å²) in [7, 11) is 0. The Bertz CT molecular complexity index is 917. The van der Waals surface area contributed by atoms with Gasteiger partial charge in [-0.3, -0.25) is 5.01 Å². The maximum Gasteiger partial charge on any atom is 0.0751 e. The Labute approximate surface area is 139 Å². The second-order valence-electron chi connectivity index (χ2n) is 6.07. The molecule has 0 bridgehead atoms. The molecule has 0 saturated carbocycles. The molecule has 3 aromatic carbocycles. The smallest absolute Gasteiger partial charge is 0.0751 e. The Morgan fingerprint density at radius 2 is 1.74 bits per heavy atom. The molecule has 1 unspecified atom stereocenters. The fraction of sp³-hybridized carbons (Fsp3) is 0.150. The molecular weight excluding hydrogens is 300 g/mol. The van der Waals surface area contributed by atoms with Crippen molar-refractivity contribution in [2.45, 2.75) is 4.90 Å².